The Morgan fingerprint density at radius 3 is 2.37 bits per heavy atom. The van der Waals surface area contributed by atoms with E-state index in [4.69, 9.17) is 9.47 Å². The molecule has 5 nitrogen and oxygen atoms in total. The lowest BCUT2D eigenvalue weighted by atomic mass is 10.1. The van der Waals surface area contributed by atoms with Crippen molar-refractivity contribution in [3.05, 3.63) is 0 Å². The van der Waals surface area contributed by atoms with E-state index < -0.39 is 6.10 Å². The Labute approximate surface area is 117 Å². The summed E-state index contributed by atoms with van der Waals surface area (Å²) in [6, 6.07) is 0.187. The van der Waals surface area contributed by atoms with Crippen LogP contribution in [0, 0.1) is 0 Å². The van der Waals surface area contributed by atoms with Crippen LogP contribution in [0.25, 0.3) is 0 Å². The Balaban J connectivity index is 3.32. The average Bonchev–Trinajstić information content (AvgIpc) is 2.34. The highest BCUT2D eigenvalue weighted by Gasteiger charge is 2.09. The van der Waals surface area contributed by atoms with Crippen LogP contribution in [-0.2, 0) is 9.47 Å². The standard InChI is InChI=1S/C14H31NO4/c1-4-5-6-18-7-8-19-11-14(17)10-15-12(2)9-13(3)16/h12-17H,4-11H2,1-3H3. The molecule has 3 atom stereocenters. The molecular weight excluding hydrogens is 246 g/mol. The third kappa shape index (κ3) is 14.0. The smallest absolute Gasteiger partial charge is 0.0897 e. The highest BCUT2D eigenvalue weighted by atomic mass is 16.5. The second-order valence-corrected chi connectivity index (χ2v) is 5.09. The summed E-state index contributed by atoms with van der Waals surface area (Å²) >= 11 is 0. The van der Waals surface area contributed by atoms with E-state index in [0.717, 1.165) is 19.4 Å². The molecule has 0 saturated heterocycles. The van der Waals surface area contributed by atoms with Crippen molar-refractivity contribution in [2.24, 2.45) is 0 Å². The average molecular weight is 277 g/mol. The van der Waals surface area contributed by atoms with Crippen LogP contribution in [0.5, 0.6) is 0 Å². The molecule has 0 fully saturated rings. The van der Waals surface area contributed by atoms with Crippen LogP contribution < -0.4 is 5.32 Å². The second-order valence-electron chi connectivity index (χ2n) is 5.09. The maximum absolute atomic E-state index is 9.68. The van der Waals surface area contributed by atoms with E-state index in [2.05, 4.69) is 12.2 Å². The van der Waals surface area contributed by atoms with Gasteiger partial charge in [0.1, 0.15) is 0 Å². The molecule has 0 aliphatic carbocycles. The number of aliphatic hydroxyl groups excluding tert-OH is 2. The highest BCUT2D eigenvalue weighted by molar-refractivity contribution is 4.67. The van der Waals surface area contributed by atoms with Gasteiger partial charge in [-0.3, -0.25) is 0 Å². The zero-order valence-electron chi connectivity index (χ0n) is 12.6. The van der Waals surface area contributed by atoms with Crippen molar-refractivity contribution in [2.45, 2.75) is 58.3 Å². The summed E-state index contributed by atoms with van der Waals surface area (Å²) in [6.45, 7) is 8.54. The maximum atomic E-state index is 9.68. The highest BCUT2D eigenvalue weighted by Crippen LogP contribution is 1.96. The number of hydrogen-bond donors (Lipinski definition) is 3. The number of rotatable bonds is 13. The van der Waals surface area contributed by atoms with E-state index in [-0.39, 0.29) is 12.1 Å². The molecule has 0 saturated carbocycles. The topological polar surface area (TPSA) is 71.0 Å². The van der Waals surface area contributed by atoms with Crippen LogP contribution in [0.1, 0.15) is 40.0 Å². The van der Waals surface area contributed by atoms with Crippen LogP contribution >= 0.6 is 0 Å². The molecule has 0 rings (SSSR count). The van der Waals surface area contributed by atoms with Gasteiger partial charge >= 0.3 is 0 Å². The zero-order chi connectivity index (χ0) is 14.5. The minimum atomic E-state index is -0.521. The number of nitrogens with one attached hydrogen (secondary N) is 1. The fourth-order valence-electron chi connectivity index (χ4n) is 1.68. The third-order valence-corrected chi connectivity index (χ3v) is 2.72. The molecule has 0 aromatic rings. The van der Waals surface area contributed by atoms with Crippen LogP contribution in [0.2, 0.25) is 0 Å². The molecule has 3 N–H and O–H groups in total. The normalized spacial score (nSPS) is 16.3. The second kappa shape index (κ2) is 12.8. The molecule has 0 aliphatic heterocycles. The van der Waals surface area contributed by atoms with Gasteiger partial charge in [-0.1, -0.05) is 13.3 Å². The monoisotopic (exact) mass is 277 g/mol. The van der Waals surface area contributed by atoms with Crippen molar-refractivity contribution in [2.75, 3.05) is 33.0 Å². The first-order valence-electron chi connectivity index (χ1n) is 7.31. The van der Waals surface area contributed by atoms with Crippen LogP contribution in [0.15, 0.2) is 0 Å². The Bertz CT molecular complexity index is 190. The van der Waals surface area contributed by atoms with Gasteiger partial charge in [-0.25, -0.2) is 0 Å². The fraction of sp³-hybridized carbons (Fsp3) is 1.00. The Morgan fingerprint density at radius 2 is 1.74 bits per heavy atom. The van der Waals surface area contributed by atoms with Gasteiger partial charge in [0, 0.05) is 19.2 Å². The van der Waals surface area contributed by atoms with Crippen molar-refractivity contribution >= 4 is 0 Å². The maximum Gasteiger partial charge on any atom is 0.0897 e. The quantitative estimate of drug-likeness (QED) is 0.437. The van der Waals surface area contributed by atoms with E-state index in [1.54, 1.807) is 6.92 Å². The first-order valence-corrected chi connectivity index (χ1v) is 7.31. The first-order chi connectivity index (χ1) is 9.06. The van der Waals surface area contributed by atoms with Crippen molar-refractivity contribution in [3.63, 3.8) is 0 Å². The van der Waals surface area contributed by atoms with Crippen LogP contribution in [-0.4, -0.2) is 61.4 Å². The summed E-state index contributed by atoms with van der Waals surface area (Å²) < 4.78 is 10.7. The summed E-state index contributed by atoms with van der Waals surface area (Å²) in [5, 5.41) is 22.1. The summed E-state index contributed by atoms with van der Waals surface area (Å²) in [4.78, 5) is 0. The predicted octanol–water partition coefficient (Wildman–Crippen LogP) is 0.930. The molecule has 0 heterocycles. The van der Waals surface area contributed by atoms with Gasteiger partial charge in [0.25, 0.3) is 0 Å². The Kier molecular flexibility index (Phi) is 12.7. The van der Waals surface area contributed by atoms with E-state index in [9.17, 15) is 10.2 Å². The van der Waals surface area contributed by atoms with E-state index in [1.165, 1.54) is 0 Å². The minimum Gasteiger partial charge on any atom is -0.393 e. The lowest BCUT2D eigenvalue weighted by Crippen LogP contribution is -2.37. The van der Waals surface area contributed by atoms with Gasteiger partial charge in [-0.05, 0) is 26.7 Å². The molecule has 0 radical (unpaired) electrons. The molecule has 0 aromatic carbocycles. The van der Waals surface area contributed by atoms with E-state index >= 15 is 0 Å². The van der Waals surface area contributed by atoms with E-state index in [0.29, 0.717) is 32.8 Å². The summed E-state index contributed by atoms with van der Waals surface area (Å²) in [5.74, 6) is 0. The van der Waals surface area contributed by atoms with Gasteiger partial charge in [0.2, 0.25) is 0 Å². The van der Waals surface area contributed by atoms with Crippen molar-refractivity contribution in [1.29, 1.82) is 0 Å². The molecular formula is C14H31NO4. The summed E-state index contributed by atoms with van der Waals surface area (Å²) in [7, 11) is 0. The Hall–Kier alpha value is -0.200. The number of ether oxygens (including phenoxy) is 2. The van der Waals surface area contributed by atoms with Gasteiger partial charge in [-0.2, -0.15) is 0 Å². The molecule has 0 aromatic heterocycles. The SMILES string of the molecule is CCCCOCCOCC(O)CNC(C)CC(C)O. The van der Waals surface area contributed by atoms with Crippen molar-refractivity contribution < 1.29 is 19.7 Å². The number of hydrogen-bond acceptors (Lipinski definition) is 5. The molecule has 0 spiro atoms. The molecule has 3 unspecified atom stereocenters. The number of unbranched alkanes of at least 4 members (excludes halogenated alkanes) is 1. The first kappa shape index (κ1) is 18.8. The van der Waals surface area contributed by atoms with E-state index in [1.807, 2.05) is 6.92 Å². The fourth-order valence-corrected chi connectivity index (χ4v) is 1.68. The molecule has 116 valence electrons. The van der Waals surface area contributed by atoms with Gasteiger partial charge in [0.05, 0.1) is 32.0 Å². The molecule has 0 amide bonds. The predicted molar refractivity (Wildman–Crippen MR) is 76.3 cm³/mol. The largest absolute Gasteiger partial charge is 0.393 e. The molecule has 19 heavy (non-hydrogen) atoms. The molecule has 5 heteroatoms. The Morgan fingerprint density at radius 1 is 1.05 bits per heavy atom. The number of aliphatic hydroxyl groups is 2. The summed E-state index contributed by atoms with van der Waals surface area (Å²) in [5.41, 5.74) is 0. The van der Waals surface area contributed by atoms with Crippen LogP contribution in [0.3, 0.4) is 0 Å². The molecule has 0 bridgehead atoms. The molecule has 0 aliphatic rings. The lowest BCUT2D eigenvalue weighted by molar-refractivity contribution is 0.00294. The van der Waals surface area contributed by atoms with Gasteiger partial charge in [-0.15, -0.1) is 0 Å². The zero-order valence-corrected chi connectivity index (χ0v) is 12.6. The summed E-state index contributed by atoms with van der Waals surface area (Å²) in [6.07, 6.45) is 2.05. The van der Waals surface area contributed by atoms with Crippen molar-refractivity contribution in [1.82, 2.24) is 5.32 Å². The lowest BCUT2D eigenvalue weighted by Gasteiger charge is -2.18. The van der Waals surface area contributed by atoms with Gasteiger partial charge in [0.15, 0.2) is 0 Å². The minimum absolute atomic E-state index is 0.187. The van der Waals surface area contributed by atoms with Crippen LogP contribution in [0.4, 0.5) is 0 Å². The third-order valence-electron chi connectivity index (χ3n) is 2.72. The van der Waals surface area contributed by atoms with Crippen molar-refractivity contribution in [3.8, 4) is 0 Å². The van der Waals surface area contributed by atoms with Gasteiger partial charge < -0.3 is 25.0 Å².